The van der Waals surface area contributed by atoms with Crippen LogP contribution in [-0.4, -0.2) is 37.7 Å². The molecule has 14 heavy (non-hydrogen) atoms. The molecule has 0 bridgehead atoms. The second-order valence-corrected chi connectivity index (χ2v) is 6.72. The lowest BCUT2D eigenvalue weighted by atomic mass is 10.2. The lowest BCUT2D eigenvalue weighted by Crippen LogP contribution is -2.05. The molecule has 0 atom stereocenters. The summed E-state index contributed by atoms with van der Waals surface area (Å²) in [6.07, 6.45) is 3.34. The molecular formula is C9H18O3S2. The maximum Gasteiger partial charge on any atom is 0.148 e. The van der Waals surface area contributed by atoms with Crippen molar-refractivity contribution in [1.82, 2.24) is 0 Å². The van der Waals surface area contributed by atoms with E-state index in [2.05, 4.69) is 0 Å². The molecule has 0 aromatic rings. The van der Waals surface area contributed by atoms with Crippen molar-refractivity contribution in [2.24, 2.45) is 0 Å². The fourth-order valence-corrected chi connectivity index (χ4v) is 3.10. The van der Waals surface area contributed by atoms with Crippen LogP contribution >= 0.6 is 11.8 Å². The van der Waals surface area contributed by atoms with Crippen LogP contribution < -0.4 is 0 Å². The van der Waals surface area contributed by atoms with Gasteiger partial charge in [0, 0.05) is 24.9 Å². The molecule has 0 unspecified atom stereocenters. The number of hydrogen-bond donors (Lipinski definition) is 0. The summed E-state index contributed by atoms with van der Waals surface area (Å²) in [5.74, 6) is 2.04. The molecule has 0 aromatic heterocycles. The van der Waals surface area contributed by atoms with Crippen molar-refractivity contribution in [3.8, 4) is 0 Å². The van der Waals surface area contributed by atoms with E-state index in [0.29, 0.717) is 18.6 Å². The van der Waals surface area contributed by atoms with Gasteiger partial charge in [-0.2, -0.15) is 11.8 Å². The molecule has 0 heterocycles. The van der Waals surface area contributed by atoms with E-state index in [1.165, 1.54) is 6.26 Å². The summed E-state index contributed by atoms with van der Waals surface area (Å²) in [6, 6.07) is 0. The molecule has 0 spiro atoms. The SMILES string of the molecule is CCC(=O)CCCSCCS(C)(=O)=O. The highest BCUT2D eigenvalue weighted by atomic mass is 32.2. The summed E-state index contributed by atoms with van der Waals surface area (Å²) >= 11 is 1.60. The van der Waals surface area contributed by atoms with Crippen LogP contribution in [0.2, 0.25) is 0 Å². The first-order chi connectivity index (χ1) is 6.45. The van der Waals surface area contributed by atoms with E-state index in [-0.39, 0.29) is 11.5 Å². The van der Waals surface area contributed by atoms with Crippen LogP contribution in [-0.2, 0) is 14.6 Å². The average Bonchev–Trinajstić information content (AvgIpc) is 2.08. The van der Waals surface area contributed by atoms with Gasteiger partial charge in [-0.1, -0.05) is 6.92 Å². The predicted octanol–water partition coefficient (Wildman–Crippen LogP) is 1.52. The number of Topliss-reactive ketones (excluding diaryl/α,β-unsaturated/α-hetero) is 1. The van der Waals surface area contributed by atoms with Crippen LogP contribution in [0, 0.1) is 0 Å². The Bertz CT molecular complexity index is 257. The lowest BCUT2D eigenvalue weighted by molar-refractivity contribution is -0.118. The van der Waals surface area contributed by atoms with Crippen LogP contribution in [0.15, 0.2) is 0 Å². The number of carbonyl (C=O) groups is 1. The van der Waals surface area contributed by atoms with E-state index in [1.54, 1.807) is 11.8 Å². The van der Waals surface area contributed by atoms with Gasteiger partial charge in [0.1, 0.15) is 15.6 Å². The van der Waals surface area contributed by atoms with Gasteiger partial charge >= 0.3 is 0 Å². The Morgan fingerprint density at radius 3 is 2.43 bits per heavy atom. The van der Waals surface area contributed by atoms with Crippen molar-refractivity contribution in [3.63, 3.8) is 0 Å². The molecule has 0 saturated carbocycles. The Morgan fingerprint density at radius 2 is 1.93 bits per heavy atom. The summed E-state index contributed by atoms with van der Waals surface area (Å²) < 4.78 is 21.5. The highest BCUT2D eigenvalue weighted by molar-refractivity contribution is 8.00. The van der Waals surface area contributed by atoms with Gasteiger partial charge in [0.05, 0.1) is 5.75 Å². The molecule has 3 nitrogen and oxygen atoms in total. The van der Waals surface area contributed by atoms with E-state index in [0.717, 1.165) is 12.2 Å². The van der Waals surface area contributed by atoms with E-state index in [9.17, 15) is 13.2 Å². The molecular weight excluding hydrogens is 220 g/mol. The Hall–Kier alpha value is -0.0300. The maximum absolute atomic E-state index is 10.9. The summed E-state index contributed by atoms with van der Waals surface area (Å²) in [4.78, 5) is 10.9. The summed E-state index contributed by atoms with van der Waals surface area (Å²) in [7, 11) is -2.82. The van der Waals surface area contributed by atoms with Gasteiger partial charge in [0.15, 0.2) is 0 Å². The zero-order valence-electron chi connectivity index (χ0n) is 8.78. The van der Waals surface area contributed by atoms with Gasteiger partial charge in [-0.15, -0.1) is 0 Å². The molecule has 0 aliphatic carbocycles. The minimum Gasteiger partial charge on any atom is -0.300 e. The molecule has 0 fully saturated rings. The summed E-state index contributed by atoms with van der Waals surface area (Å²) in [5, 5.41) is 0. The van der Waals surface area contributed by atoms with E-state index in [1.807, 2.05) is 6.92 Å². The third-order valence-electron chi connectivity index (χ3n) is 1.74. The second-order valence-electron chi connectivity index (χ2n) is 3.24. The molecule has 0 radical (unpaired) electrons. The number of carbonyl (C=O) groups excluding carboxylic acids is 1. The topological polar surface area (TPSA) is 51.2 Å². The molecule has 0 N–H and O–H groups in total. The van der Waals surface area contributed by atoms with E-state index >= 15 is 0 Å². The zero-order chi connectivity index (χ0) is 11.0. The minimum absolute atomic E-state index is 0.236. The maximum atomic E-state index is 10.9. The van der Waals surface area contributed by atoms with Gasteiger partial charge in [-0.05, 0) is 12.2 Å². The van der Waals surface area contributed by atoms with Gasteiger partial charge < -0.3 is 0 Å². The molecule has 0 amide bonds. The second kappa shape index (κ2) is 7.29. The third-order valence-corrected chi connectivity index (χ3v) is 4.01. The van der Waals surface area contributed by atoms with Crippen LogP contribution in [0.1, 0.15) is 26.2 Å². The van der Waals surface area contributed by atoms with Gasteiger partial charge in [-0.25, -0.2) is 8.42 Å². The van der Waals surface area contributed by atoms with Crippen LogP contribution in [0.4, 0.5) is 0 Å². The fraction of sp³-hybridized carbons (Fsp3) is 0.889. The molecule has 0 aliphatic heterocycles. The van der Waals surface area contributed by atoms with Gasteiger partial charge in [-0.3, -0.25) is 4.79 Å². The van der Waals surface area contributed by atoms with Crippen molar-refractivity contribution < 1.29 is 13.2 Å². The molecule has 5 heteroatoms. The number of thioether (sulfide) groups is 1. The number of rotatable bonds is 8. The standard InChI is InChI=1S/C9H18O3S2/c1-3-9(10)5-4-6-13-7-8-14(2,11)12/h3-8H2,1-2H3. The minimum atomic E-state index is -2.82. The molecule has 0 aromatic carbocycles. The number of sulfone groups is 1. The Kier molecular flexibility index (Phi) is 7.27. The first-order valence-electron chi connectivity index (χ1n) is 4.73. The third kappa shape index (κ3) is 10.1. The van der Waals surface area contributed by atoms with E-state index in [4.69, 9.17) is 0 Å². The number of ketones is 1. The van der Waals surface area contributed by atoms with Crippen molar-refractivity contribution in [3.05, 3.63) is 0 Å². The number of hydrogen-bond acceptors (Lipinski definition) is 4. The van der Waals surface area contributed by atoms with Gasteiger partial charge in [0.25, 0.3) is 0 Å². The molecule has 0 aliphatic rings. The largest absolute Gasteiger partial charge is 0.300 e. The monoisotopic (exact) mass is 238 g/mol. The van der Waals surface area contributed by atoms with Crippen molar-refractivity contribution in [1.29, 1.82) is 0 Å². The average molecular weight is 238 g/mol. The zero-order valence-corrected chi connectivity index (χ0v) is 10.4. The normalized spacial score (nSPS) is 11.6. The Labute approximate surface area is 90.6 Å². The van der Waals surface area contributed by atoms with Gasteiger partial charge in [0.2, 0.25) is 0 Å². The first kappa shape index (κ1) is 14.0. The van der Waals surface area contributed by atoms with Crippen LogP contribution in [0.25, 0.3) is 0 Å². The molecule has 0 saturated heterocycles. The summed E-state index contributed by atoms with van der Waals surface area (Å²) in [5.41, 5.74) is 0. The van der Waals surface area contributed by atoms with Crippen molar-refractivity contribution in [2.75, 3.05) is 23.5 Å². The highest BCUT2D eigenvalue weighted by Crippen LogP contribution is 2.06. The quantitative estimate of drug-likeness (QED) is 0.602. The Balaban J connectivity index is 3.27. The van der Waals surface area contributed by atoms with Crippen LogP contribution in [0.3, 0.4) is 0 Å². The summed E-state index contributed by atoms with van der Waals surface area (Å²) in [6.45, 7) is 1.86. The predicted molar refractivity (Wildman–Crippen MR) is 61.6 cm³/mol. The van der Waals surface area contributed by atoms with E-state index < -0.39 is 9.84 Å². The van der Waals surface area contributed by atoms with Crippen molar-refractivity contribution >= 4 is 27.4 Å². The fourth-order valence-electron chi connectivity index (χ4n) is 0.861. The first-order valence-corrected chi connectivity index (χ1v) is 7.94. The molecule has 84 valence electrons. The van der Waals surface area contributed by atoms with Crippen LogP contribution in [0.5, 0.6) is 0 Å². The highest BCUT2D eigenvalue weighted by Gasteiger charge is 2.02. The van der Waals surface area contributed by atoms with Crippen molar-refractivity contribution in [2.45, 2.75) is 26.2 Å². The lowest BCUT2D eigenvalue weighted by Gasteiger charge is -1.99. The molecule has 0 rings (SSSR count). The smallest absolute Gasteiger partial charge is 0.148 e. The Morgan fingerprint density at radius 1 is 1.29 bits per heavy atom.